The van der Waals surface area contributed by atoms with E-state index in [9.17, 15) is 0 Å². The molecule has 0 aliphatic carbocycles. The minimum atomic E-state index is 0.142. The van der Waals surface area contributed by atoms with Gasteiger partial charge in [0, 0.05) is 19.6 Å². The third-order valence-electron chi connectivity index (χ3n) is 3.74. The number of aromatic nitrogens is 2. The number of rotatable bonds is 6. The summed E-state index contributed by atoms with van der Waals surface area (Å²) in [5.41, 5.74) is 8.05. The lowest BCUT2D eigenvalue weighted by Crippen LogP contribution is -2.37. The molecule has 0 bridgehead atoms. The van der Waals surface area contributed by atoms with Gasteiger partial charge in [-0.05, 0) is 27.3 Å². The van der Waals surface area contributed by atoms with E-state index in [2.05, 4.69) is 30.9 Å². The van der Waals surface area contributed by atoms with Crippen molar-refractivity contribution in [2.45, 2.75) is 39.3 Å². The Morgan fingerprint density at radius 3 is 2.56 bits per heavy atom. The third kappa shape index (κ3) is 2.67. The monoisotopic (exact) mass is 254 g/mol. The summed E-state index contributed by atoms with van der Waals surface area (Å²) in [7, 11) is 5.68. The molecule has 1 aromatic rings. The van der Waals surface area contributed by atoms with Crippen LogP contribution in [0.5, 0.6) is 5.88 Å². The highest BCUT2D eigenvalue weighted by Gasteiger charge is 2.27. The first-order valence-electron chi connectivity index (χ1n) is 6.47. The van der Waals surface area contributed by atoms with Gasteiger partial charge in [-0.15, -0.1) is 0 Å². The number of ether oxygens (including phenoxy) is 1. The molecule has 0 saturated carbocycles. The molecule has 0 spiro atoms. The molecule has 1 aromatic heterocycles. The molecular weight excluding hydrogens is 228 g/mol. The highest BCUT2D eigenvalue weighted by molar-refractivity contribution is 5.34. The molecular formula is C13H26N4O. The van der Waals surface area contributed by atoms with Crippen molar-refractivity contribution in [2.24, 2.45) is 12.8 Å². The van der Waals surface area contributed by atoms with Gasteiger partial charge < -0.3 is 10.5 Å². The van der Waals surface area contributed by atoms with Crippen molar-refractivity contribution >= 4 is 0 Å². The van der Waals surface area contributed by atoms with Crippen LogP contribution < -0.4 is 10.5 Å². The molecule has 0 aliphatic heterocycles. The lowest BCUT2D eigenvalue weighted by Gasteiger charge is -2.32. The molecule has 0 radical (unpaired) electrons. The molecule has 0 saturated heterocycles. The van der Waals surface area contributed by atoms with Crippen LogP contribution in [-0.4, -0.2) is 41.4 Å². The molecule has 0 fully saturated rings. The van der Waals surface area contributed by atoms with Crippen molar-refractivity contribution in [3.05, 3.63) is 11.3 Å². The summed E-state index contributed by atoms with van der Waals surface area (Å²) < 4.78 is 7.24. The van der Waals surface area contributed by atoms with Gasteiger partial charge in [0.15, 0.2) is 0 Å². The Labute approximate surface area is 110 Å². The number of aryl methyl sites for hydroxylation is 2. The second-order valence-electron chi connectivity index (χ2n) is 4.81. The highest BCUT2D eigenvalue weighted by atomic mass is 16.5. The molecule has 2 N–H and O–H groups in total. The third-order valence-corrected chi connectivity index (χ3v) is 3.74. The van der Waals surface area contributed by atoms with Gasteiger partial charge in [0.25, 0.3) is 0 Å². The summed E-state index contributed by atoms with van der Waals surface area (Å²) in [5.74, 6) is 0.804. The summed E-state index contributed by atoms with van der Waals surface area (Å²) >= 11 is 0. The molecule has 1 rings (SSSR count). The SMILES string of the molecule is CCC(C)N(C)C(CN)c1c(C)nn(C)c1OC. The van der Waals surface area contributed by atoms with Gasteiger partial charge in [0.05, 0.1) is 24.4 Å². The first kappa shape index (κ1) is 15.0. The van der Waals surface area contributed by atoms with Crippen molar-refractivity contribution in [1.82, 2.24) is 14.7 Å². The minimum Gasteiger partial charge on any atom is -0.481 e. The van der Waals surface area contributed by atoms with Crippen LogP contribution in [0.1, 0.15) is 37.6 Å². The predicted octanol–water partition coefficient (Wildman–Crippen LogP) is 1.47. The van der Waals surface area contributed by atoms with Crippen LogP contribution in [0, 0.1) is 6.92 Å². The molecule has 1 heterocycles. The van der Waals surface area contributed by atoms with Crippen molar-refractivity contribution in [1.29, 1.82) is 0 Å². The Kier molecular flexibility index (Phi) is 5.16. The first-order chi connectivity index (χ1) is 8.47. The van der Waals surface area contributed by atoms with Crippen molar-refractivity contribution in [3.63, 3.8) is 0 Å². The summed E-state index contributed by atoms with van der Waals surface area (Å²) in [6.07, 6.45) is 1.09. The molecule has 0 aromatic carbocycles. The minimum absolute atomic E-state index is 0.142. The van der Waals surface area contributed by atoms with E-state index in [1.807, 2.05) is 14.0 Å². The topological polar surface area (TPSA) is 56.3 Å². The molecule has 0 amide bonds. The number of hydrogen-bond donors (Lipinski definition) is 1. The Bertz CT molecular complexity index is 389. The van der Waals surface area contributed by atoms with Crippen LogP contribution in [-0.2, 0) is 7.05 Å². The number of nitrogens with zero attached hydrogens (tertiary/aromatic N) is 3. The van der Waals surface area contributed by atoms with Gasteiger partial charge in [0.2, 0.25) is 5.88 Å². The lowest BCUT2D eigenvalue weighted by atomic mass is 10.0. The molecule has 2 atom stereocenters. The molecule has 104 valence electrons. The van der Waals surface area contributed by atoms with Crippen molar-refractivity contribution in [3.8, 4) is 5.88 Å². The van der Waals surface area contributed by atoms with Gasteiger partial charge in [-0.1, -0.05) is 6.92 Å². The van der Waals surface area contributed by atoms with Gasteiger partial charge >= 0.3 is 0 Å². The largest absolute Gasteiger partial charge is 0.481 e. The number of likely N-dealkylation sites (N-methyl/N-ethyl adjacent to an activating group) is 1. The Morgan fingerprint density at radius 2 is 2.11 bits per heavy atom. The maximum atomic E-state index is 5.97. The van der Waals surface area contributed by atoms with Crippen LogP contribution >= 0.6 is 0 Å². The van der Waals surface area contributed by atoms with E-state index in [1.54, 1.807) is 11.8 Å². The van der Waals surface area contributed by atoms with Gasteiger partial charge in [-0.25, -0.2) is 4.68 Å². The average Bonchev–Trinajstić information content (AvgIpc) is 2.64. The van der Waals surface area contributed by atoms with E-state index < -0.39 is 0 Å². The zero-order valence-electron chi connectivity index (χ0n) is 12.4. The lowest BCUT2D eigenvalue weighted by molar-refractivity contribution is 0.180. The quantitative estimate of drug-likeness (QED) is 0.835. The van der Waals surface area contributed by atoms with Crippen LogP contribution in [0.3, 0.4) is 0 Å². The van der Waals surface area contributed by atoms with Crippen LogP contribution in [0.4, 0.5) is 0 Å². The standard InChI is InChI=1S/C13H26N4O/c1-7-9(2)16(4)11(8-14)12-10(3)15-17(5)13(12)18-6/h9,11H,7-8,14H2,1-6H3. The van der Waals surface area contributed by atoms with Gasteiger partial charge in [0.1, 0.15) is 0 Å². The second kappa shape index (κ2) is 6.20. The Hall–Kier alpha value is -1.07. The second-order valence-corrected chi connectivity index (χ2v) is 4.81. The van der Waals surface area contributed by atoms with Crippen LogP contribution in [0.15, 0.2) is 0 Å². The summed E-state index contributed by atoms with van der Waals surface area (Å²) in [4.78, 5) is 2.30. The number of hydrogen-bond acceptors (Lipinski definition) is 4. The van der Waals surface area contributed by atoms with Gasteiger partial charge in [-0.2, -0.15) is 5.10 Å². The van der Waals surface area contributed by atoms with E-state index in [4.69, 9.17) is 10.5 Å². The van der Waals surface area contributed by atoms with E-state index >= 15 is 0 Å². The fourth-order valence-corrected chi connectivity index (χ4v) is 2.36. The molecule has 0 aliphatic rings. The molecule has 2 unspecified atom stereocenters. The Morgan fingerprint density at radius 1 is 1.50 bits per heavy atom. The van der Waals surface area contributed by atoms with Crippen molar-refractivity contribution in [2.75, 3.05) is 20.7 Å². The summed E-state index contributed by atoms with van der Waals surface area (Å²) in [6, 6.07) is 0.617. The first-order valence-corrected chi connectivity index (χ1v) is 6.47. The molecule has 18 heavy (non-hydrogen) atoms. The van der Waals surface area contributed by atoms with E-state index in [1.165, 1.54) is 0 Å². The van der Waals surface area contributed by atoms with Crippen molar-refractivity contribution < 1.29 is 4.74 Å². The van der Waals surface area contributed by atoms with E-state index in [0.717, 1.165) is 23.6 Å². The maximum absolute atomic E-state index is 5.97. The number of nitrogens with two attached hydrogens (primary N) is 1. The maximum Gasteiger partial charge on any atom is 0.216 e. The normalized spacial score (nSPS) is 14.9. The Balaban J connectivity index is 3.16. The van der Waals surface area contributed by atoms with E-state index in [-0.39, 0.29) is 6.04 Å². The van der Waals surface area contributed by atoms with Crippen LogP contribution in [0.2, 0.25) is 0 Å². The zero-order chi connectivity index (χ0) is 13.9. The highest BCUT2D eigenvalue weighted by Crippen LogP contribution is 2.31. The zero-order valence-corrected chi connectivity index (χ0v) is 12.4. The fraction of sp³-hybridized carbons (Fsp3) is 0.769. The summed E-state index contributed by atoms with van der Waals surface area (Å²) in [5, 5.41) is 4.43. The predicted molar refractivity (Wildman–Crippen MR) is 73.8 cm³/mol. The molecule has 5 heteroatoms. The van der Waals surface area contributed by atoms with E-state index in [0.29, 0.717) is 12.6 Å². The fourth-order valence-electron chi connectivity index (χ4n) is 2.36. The number of methoxy groups -OCH3 is 1. The smallest absolute Gasteiger partial charge is 0.216 e. The average molecular weight is 254 g/mol. The van der Waals surface area contributed by atoms with Gasteiger partial charge in [-0.3, -0.25) is 4.90 Å². The molecule has 5 nitrogen and oxygen atoms in total. The summed E-state index contributed by atoms with van der Waals surface area (Å²) in [6.45, 7) is 6.96. The van der Waals surface area contributed by atoms with Crippen LogP contribution in [0.25, 0.3) is 0 Å².